The van der Waals surface area contributed by atoms with Crippen LogP contribution in [-0.4, -0.2) is 18.1 Å². The predicted molar refractivity (Wildman–Crippen MR) is 41.7 cm³/mol. The SMILES string of the molecule is O=C(c1ccccc1)C(F)C(F)(F)F. The molecular formula is C9H6F4O. The molecule has 1 aromatic rings. The van der Waals surface area contributed by atoms with Crippen molar-refractivity contribution in [3.63, 3.8) is 0 Å². The summed E-state index contributed by atoms with van der Waals surface area (Å²) < 4.78 is 47.9. The number of ketones is 1. The topological polar surface area (TPSA) is 17.1 Å². The fraction of sp³-hybridized carbons (Fsp3) is 0.222. The van der Waals surface area contributed by atoms with Crippen LogP contribution in [0.25, 0.3) is 0 Å². The van der Waals surface area contributed by atoms with Gasteiger partial charge in [0.1, 0.15) is 0 Å². The van der Waals surface area contributed by atoms with Crippen LogP contribution in [0.3, 0.4) is 0 Å². The highest BCUT2D eigenvalue weighted by Crippen LogP contribution is 2.25. The second kappa shape index (κ2) is 3.77. The molecule has 1 nitrogen and oxygen atoms in total. The van der Waals surface area contributed by atoms with Crippen molar-refractivity contribution in [1.29, 1.82) is 0 Å². The van der Waals surface area contributed by atoms with Gasteiger partial charge in [-0.25, -0.2) is 4.39 Å². The summed E-state index contributed by atoms with van der Waals surface area (Å²) in [6.07, 6.45) is -8.57. The Kier molecular flexibility index (Phi) is 2.88. The first-order valence-corrected chi connectivity index (χ1v) is 3.73. The average Bonchev–Trinajstić information content (AvgIpc) is 2.15. The highest BCUT2D eigenvalue weighted by Gasteiger charge is 2.45. The van der Waals surface area contributed by atoms with Crippen molar-refractivity contribution < 1.29 is 22.4 Å². The quantitative estimate of drug-likeness (QED) is 0.537. The Balaban J connectivity index is 2.87. The van der Waals surface area contributed by atoms with Gasteiger partial charge in [0.15, 0.2) is 0 Å². The highest BCUT2D eigenvalue weighted by molar-refractivity contribution is 5.99. The van der Waals surface area contributed by atoms with Crippen molar-refractivity contribution in [3.05, 3.63) is 35.9 Å². The molecule has 76 valence electrons. The van der Waals surface area contributed by atoms with Gasteiger partial charge in [-0.1, -0.05) is 30.3 Å². The van der Waals surface area contributed by atoms with Crippen LogP contribution >= 0.6 is 0 Å². The molecule has 0 saturated carbocycles. The normalized spacial score (nSPS) is 13.7. The average molecular weight is 206 g/mol. The van der Waals surface area contributed by atoms with Gasteiger partial charge in [0.2, 0.25) is 5.78 Å². The van der Waals surface area contributed by atoms with E-state index in [-0.39, 0.29) is 5.56 Å². The number of hydrogen-bond donors (Lipinski definition) is 0. The van der Waals surface area contributed by atoms with Crippen LogP contribution in [0.1, 0.15) is 10.4 Å². The van der Waals surface area contributed by atoms with Crippen LogP contribution < -0.4 is 0 Å². The third-order valence-corrected chi connectivity index (χ3v) is 1.58. The molecule has 0 heterocycles. The van der Waals surface area contributed by atoms with Crippen molar-refractivity contribution in [2.75, 3.05) is 0 Å². The molecule has 5 heteroatoms. The number of Topliss-reactive ketones (excluding diaryl/α,β-unsaturated/α-hetero) is 1. The number of halogens is 4. The molecule has 0 fully saturated rings. The number of alkyl halides is 4. The third kappa shape index (κ3) is 2.31. The minimum atomic E-state index is -5.13. The fourth-order valence-corrected chi connectivity index (χ4v) is 0.897. The summed E-state index contributed by atoms with van der Waals surface area (Å²) in [5.74, 6) is -1.56. The lowest BCUT2D eigenvalue weighted by molar-refractivity contribution is -0.165. The molecule has 0 amide bonds. The smallest absolute Gasteiger partial charge is 0.290 e. The number of carbonyl (C=O) groups excluding carboxylic acids is 1. The Morgan fingerprint density at radius 1 is 1.14 bits per heavy atom. The Bertz CT molecular complexity index is 317. The van der Waals surface area contributed by atoms with Gasteiger partial charge in [0.05, 0.1) is 0 Å². The first-order chi connectivity index (χ1) is 6.43. The molecule has 0 saturated heterocycles. The number of hydrogen-bond acceptors (Lipinski definition) is 1. The molecule has 1 aromatic carbocycles. The third-order valence-electron chi connectivity index (χ3n) is 1.58. The van der Waals surface area contributed by atoms with Gasteiger partial charge in [-0.05, 0) is 0 Å². The van der Waals surface area contributed by atoms with Crippen LogP contribution in [0.5, 0.6) is 0 Å². The maximum atomic E-state index is 12.5. The molecule has 14 heavy (non-hydrogen) atoms. The van der Waals surface area contributed by atoms with Crippen LogP contribution in [-0.2, 0) is 0 Å². The molecule has 0 aliphatic heterocycles. The van der Waals surface area contributed by atoms with E-state index < -0.39 is 18.1 Å². The van der Waals surface area contributed by atoms with Gasteiger partial charge in [-0.15, -0.1) is 0 Å². The molecule has 1 atom stereocenters. The van der Waals surface area contributed by atoms with Gasteiger partial charge in [-0.3, -0.25) is 4.79 Å². The van der Waals surface area contributed by atoms with E-state index in [1.54, 1.807) is 0 Å². The molecule has 0 aromatic heterocycles. The van der Waals surface area contributed by atoms with E-state index in [0.717, 1.165) is 12.1 Å². The fourth-order valence-electron chi connectivity index (χ4n) is 0.897. The zero-order valence-corrected chi connectivity index (χ0v) is 6.88. The van der Waals surface area contributed by atoms with Gasteiger partial charge in [0.25, 0.3) is 6.17 Å². The Morgan fingerprint density at radius 3 is 2.07 bits per heavy atom. The summed E-state index contributed by atoms with van der Waals surface area (Å²) in [7, 11) is 0. The van der Waals surface area contributed by atoms with E-state index in [1.807, 2.05) is 0 Å². The van der Waals surface area contributed by atoms with Crippen LogP contribution in [0.15, 0.2) is 30.3 Å². The summed E-state index contributed by atoms with van der Waals surface area (Å²) in [5, 5.41) is 0. The molecule has 1 rings (SSSR count). The molecule has 0 aliphatic carbocycles. The molecule has 0 spiro atoms. The predicted octanol–water partition coefficient (Wildman–Crippen LogP) is 2.77. The van der Waals surface area contributed by atoms with Crippen LogP contribution in [0.4, 0.5) is 17.6 Å². The van der Waals surface area contributed by atoms with Gasteiger partial charge in [0, 0.05) is 5.56 Å². The van der Waals surface area contributed by atoms with E-state index in [1.165, 1.54) is 18.2 Å². The molecule has 0 aliphatic rings. The van der Waals surface area contributed by atoms with E-state index in [0.29, 0.717) is 0 Å². The lowest BCUT2D eigenvalue weighted by Crippen LogP contribution is -2.32. The molecule has 1 unspecified atom stereocenters. The summed E-state index contributed by atoms with van der Waals surface area (Å²) >= 11 is 0. The summed E-state index contributed by atoms with van der Waals surface area (Å²) in [4.78, 5) is 10.9. The van der Waals surface area contributed by atoms with Crippen molar-refractivity contribution >= 4 is 5.78 Å². The lowest BCUT2D eigenvalue weighted by atomic mass is 10.1. The number of carbonyl (C=O) groups is 1. The number of rotatable bonds is 2. The first-order valence-electron chi connectivity index (χ1n) is 3.73. The van der Waals surface area contributed by atoms with Gasteiger partial charge >= 0.3 is 6.18 Å². The number of benzene rings is 1. The van der Waals surface area contributed by atoms with Gasteiger partial charge in [-0.2, -0.15) is 13.2 Å². The van der Waals surface area contributed by atoms with Crippen LogP contribution in [0, 0.1) is 0 Å². The second-order valence-corrected chi connectivity index (χ2v) is 2.63. The Morgan fingerprint density at radius 2 is 1.64 bits per heavy atom. The van der Waals surface area contributed by atoms with E-state index >= 15 is 0 Å². The molecule has 0 bridgehead atoms. The summed E-state index contributed by atoms with van der Waals surface area (Å²) in [6, 6.07) is 6.55. The van der Waals surface area contributed by atoms with E-state index in [9.17, 15) is 22.4 Å². The minimum Gasteiger partial charge on any atom is -0.290 e. The van der Waals surface area contributed by atoms with Crippen molar-refractivity contribution in [3.8, 4) is 0 Å². The zero-order chi connectivity index (χ0) is 10.8. The van der Waals surface area contributed by atoms with Crippen molar-refractivity contribution in [2.24, 2.45) is 0 Å². The molecule has 0 N–H and O–H groups in total. The standard InChI is InChI=1S/C9H6F4O/c10-8(9(11,12)13)7(14)6-4-2-1-3-5-6/h1-5,8H. The van der Waals surface area contributed by atoms with Crippen LogP contribution in [0.2, 0.25) is 0 Å². The summed E-state index contributed by atoms with van der Waals surface area (Å²) in [6.45, 7) is 0. The second-order valence-electron chi connectivity index (χ2n) is 2.63. The minimum absolute atomic E-state index is 0.280. The van der Waals surface area contributed by atoms with E-state index in [4.69, 9.17) is 0 Å². The monoisotopic (exact) mass is 206 g/mol. The Labute approximate surface area is 77.3 Å². The Hall–Kier alpha value is -1.39. The van der Waals surface area contributed by atoms with Crippen molar-refractivity contribution in [2.45, 2.75) is 12.3 Å². The summed E-state index contributed by atoms with van der Waals surface area (Å²) in [5.41, 5.74) is -0.280. The lowest BCUT2D eigenvalue weighted by Gasteiger charge is -2.10. The maximum absolute atomic E-state index is 12.5. The molecule has 0 radical (unpaired) electrons. The first kappa shape index (κ1) is 10.7. The largest absolute Gasteiger partial charge is 0.427 e. The molecular weight excluding hydrogens is 200 g/mol. The zero-order valence-electron chi connectivity index (χ0n) is 6.88. The highest BCUT2D eigenvalue weighted by atomic mass is 19.4. The van der Waals surface area contributed by atoms with Gasteiger partial charge < -0.3 is 0 Å². The van der Waals surface area contributed by atoms with Crippen molar-refractivity contribution in [1.82, 2.24) is 0 Å². The maximum Gasteiger partial charge on any atom is 0.427 e. The van der Waals surface area contributed by atoms with E-state index in [2.05, 4.69) is 0 Å².